The molecular formula is C17H28N4O3. The third kappa shape index (κ3) is 7.32. The first-order chi connectivity index (χ1) is 11.6. The quantitative estimate of drug-likeness (QED) is 0.356. The summed E-state index contributed by atoms with van der Waals surface area (Å²) in [6.07, 6.45) is 0. The van der Waals surface area contributed by atoms with Crippen molar-refractivity contribution in [1.82, 2.24) is 16.0 Å². The van der Waals surface area contributed by atoms with E-state index in [9.17, 15) is 4.79 Å². The molecule has 0 aliphatic rings. The average Bonchev–Trinajstić information content (AvgIpc) is 2.59. The molecule has 0 saturated carbocycles. The Morgan fingerprint density at radius 3 is 2.50 bits per heavy atom. The zero-order chi connectivity index (χ0) is 17.8. The van der Waals surface area contributed by atoms with Gasteiger partial charge in [-0.1, -0.05) is 0 Å². The largest absolute Gasteiger partial charge is 0.497 e. The number of hydrogen-bond acceptors (Lipinski definition) is 4. The summed E-state index contributed by atoms with van der Waals surface area (Å²) in [5.74, 6) is 1.31. The van der Waals surface area contributed by atoms with Crippen molar-refractivity contribution in [2.24, 2.45) is 4.99 Å². The fourth-order valence-electron chi connectivity index (χ4n) is 2.03. The van der Waals surface area contributed by atoms with Crippen LogP contribution in [0.1, 0.15) is 24.2 Å². The smallest absolute Gasteiger partial charge is 0.251 e. The van der Waals surface area contributed by atoms with E-state index in [1.807, 2.05) is 13.8 Å². The third-order valence-corrected chi connectivity index (χ3v) is 3.16. The minimum Gasteiger partial charge on any atom is -0.497 e. The van der Waals surface area contributed by atoms with E-state index < -0.39 is 0 Å². The van der Waals surface area contributed by atoms with E-state index in [4.69, 9.17) is 9.47 Å². The summed E-state index contributed by atoms with van der Waals surface area (Å²) in [4.78, 5) is 16.5. The monoisotopic (exact) mass is 336 g/mol. The van der Waals surface area contributed by atoms with Crippen molar-refractivity contribution in [3.8, 4) is 5.75 Å². The van der Waals surface area contributed by atoms with Gasteiger partial charge in [-0.3, -0.25) is 9.79 Å². The number of nitrogens with zero attached hydrogens (tertiary/aromatic N) is 1. The van der Waals surface area contributed by atoms with Crippen LogP contribution in [0.2, 0.25) is 0 Å². The fraction of sp³-hybridized carbons (Fsp3) is 0.529. The van der Waals surface area contributed by atoms with Crippen LogP contribution in [-0.4, -0.2) is 58.4 Å². The Kier molecular flexibility index (Phi) is 9.29. The Labute approximate surface area is 143 Å². The summed E-state index contributed by atoms with van der Waals surface area (Å²) < 4.78 is 10.2. The van der Waals surface area contributed by atoms with Crippen LogP contribution in [0, 0.1) is 0 Å². The molecule has 1 aromatic rings. The summed E-state index contributed by atoms with van der Waals surface area (Å²) >= 11 is 0. The van der Waals surface area contributed by atoms with Crippen molar-refractivity contribution >= 4 is 11.9 Å². The number of nitrogens with one attached hydrogen (secondary N) is 3. The molecule has 0 aliphatic carbocycles. The molecule has 1 unspecified atom stereocenters. The highest BCUT2D eigenvalue weighted by molar-refractivity contribution is 5.94. The fourth-order valence-corrected chi connectivity index (χ4v) is 2.03. The molecule has 3 N–H and O–H groups in total. The lowest BCUT2D eigenvalue weighted by Crippen LogP contribution is -2.44. The van der Waals surface area contributed by atoms with Gasteiger partial charge >= 0.3 is 0 Å². The summed E-state index contributed by atoms with van der Waals surface area (Å²) in [5, 5.41) is 9.25. The zero-order valence-electron chi connectivity index (χ0n) is 14.9. The molecular weight excluding hydrogens is 308 g/mol. The maximum absolute atomic E-state index is 12.0. The van der Waals surface area contributed by atoms with Crippen molar-refractivity contribution < 1.29 is 14.3 Å². The average molecular weight is 336 g/mol. The number of carbonyl (C=O) groups is 1. The van der Waals surface area contributed by atoms with Crippen LogP contribution in [0.4, 0.5) is 0 Å². The lowest BCUT2D eigenvalue weighted by atomic mass is 10.2. The van der Waals surface area contributed by atoms with Crippen LogP contribution in [0.3, 0.4) is 0 Å². The van der Waals surface area contributed by atoms with Crippen molar-refractivity contribution in [1.29, 1.82) is 0 Å². The van der Waals surface area contributed by atoms with Crippen LogP contribution in [0.25, 0.3) is 0 Å². The molecule has 0 spiro atoms. The van der Waals surface area contributed by atoms with Gasteiger partial charge in [0.15, 0.2) is 5.96 Å². The van der Waals surface area contributed by atoms with Crippen molar-refractivity contribution in [2.45, 2.75) is 19.9 Å². The molecule has 1 atom stereocenters. The Morgan fingerprint density at radius 2 is 1.92 bits per heavy atom. The molecule has 0 saturated heterocycles. The number of amides is 1. The SMILES string of the molecule is CCNC(=NCCNC(=O)c1ccc(OC)cc1)NC(C)COC. The van der Waals surface area contributed by atoms with Crippen LogP contribution < -0.4 is 20.7 Å². The zero-order valence-corrected chi connectivity index (χ0v) is 14.9. The van der Waals surface area contributed by atoms with E-state index >= 15 is 0 Å². The molecule has 1 rings (SSSR count). The van der Waals surface area contributed by atoms with Gasteiger partial charge in [-0.25, -0.2) is 0 Å². The van der Waals surface area contributed by atoms with Gasteiger partial charge < -0.3 is 25.4 Å². The Morgan fingerprint density at radius 1 is 1.21 bits per heavy atom. The van der Waals surface area contributed by atoms with Crippen LogP contribution in [-0.2, 0) is 4.74 Å². The number of methoxy groups -OCH3 is 2. The maximum atomic E-state index is 12.0. The van der Waals surface area contributed by atoms with E-state index in [0.29, 0.717) is 31.2 Å². The molecule has 7 nitrogen and oxygen atoms in total. The lowest BCUT2D eigenvalue weighted by Gasteiger charge is -2.17. The molecule has 1 amide bonds. The second-order valence-electron chi connectivity index (χ2n) is 5.25. The molecule has 1 aromatic carbocycles. The number of ether oxygens (including phenoxy) is 2. The predicted molar refractivity (Wildman–Crippen MR) is 95.8 cm³/mol. The first kappa shape index (κ1) is 19.8. The normalized spacial score (nSPS) is 12.4. The van der Waals surface area contributed by atoms with Crippen molar-refractivity contribution in [3.05, 3.63) is 29.8 Å². The first-order valence-corrected chi connectivity index (χ1v) is 8.06. The lowest BCUT2D eigenvalue weighted by molar-refractivity contribution is 0.0955. The van der Waals surface area contributed by atoms with Crippen LogP contribution in [0.15, 0.2) is 29.3 Å². The second-order valence-corrected chi connectivity index (χ2v) is 5.25. The number of carbonyl (C=O) groups excluding carboxylic acids is 1. The summed E-state index contributed by atoms with van der Waals surface area (Å²) in [6.45, 7) is 6.32. The molecule has 134 valence electrons. The van der Waals surface area contributed by atoms with Gasteiger partial charge in [0.25, 0.3) is 5.91 Å². The summed E-state index contributed by atoms with van der Waals surface area (Å²) in [5.41, 5.74) is 0.596. The highest BCUT2D eigenvalue weighted by Gasteiger charge is 2.06. The van der Waals surface area contributed by atoms with Gasteiger partial charge in [-0.05, 0) is 38.1 Å². The molecule has 0 aliphatic heterocycles. The summed E-state index contributed by atoms with van der Waals surface area (Å²) in [6, 6.07) is 7.14. The molecule has 24 heavy (non-hydrogen) atoms. The van der Waals surface area contributed by atoms with E-state index in [1.165, 1.54) is 0 Å². The number of rotatable bonds is 9. The highest BCUT2D eigenvalue weighted by Crippen LogP contribution is 2.10. The van der Waals surface area contributed by atoms with Crippen molar-refractivity contribution in [2.75, 3.05) is 40.5 Å². The van der Waals surface area contributed by atoms with Gasteiger partial charge in [0.1, 0.15) is 5.75 Å². The highest BCUT2D eigenvalue weighted by atomic mass is 16.5. The third-order valence-electron chi connectivity index (χ3n) is 3.16. The van der Waals surface area contributed by atoms with Crippen LogP contribution >= 0.6 is 0 Å². The molecule has 0 radical (unpaired) electrons. The maximum Gasteiger partial charge on any atom is 0.251 e. The molecule has 0 bridgehead atoms. The number of guanidine groups is 1. The number of hydrogen-bond donors (Lipinski definition) is 3. The molecule has 7 heteroatoms. The van der Waals surface area contributed by atoms with Gasteiger partial charge in [0.2, 0.25) is 0 Å². The number of benzene rings is 1. The van der Waals surface area contributed by atoms with Gasteiger partial charge in [0, 0.05) is 31.8 Å². The Hall–Kier alpha value is -2.28. The van der Waals surface area contributed by atoms with Crippen molar-refractivity contribution in [3.63, 3.8) is 0 Å². The predicted octanol–water partition coefficient (Wildman–Crippen LogP) is 1.02. The summed E-state index contributed by atoms with van der Waals surface area (Å²) in [7, 11) is 3.26. The van der Waals surface area contributed by atoms with Gasteiger partial charge in [-0.2, -0.15) is 0 Å². The van der Waals surface area contributed by atoms with Crippen LogP contribution in [0.5, 0.6) is 5.75 Å². The van der Waals surface area contributed by atoms with E-state index in [0.717, 1.165) is 12.3 Å². The second kappa shape index (κ2) is 11.3. The standard InChI is InChI=1S/C17H28N4O3/c1-5-18-17(21-13(2)12-23-3)20-11-10-19-16(22)14-6-8-15(24-4)9-7-14/h6-9,13H,5,10-12H2,1-4H3,(H,19,22)(H2,18,20,21). The number of aliphatic imine (C=N–C) groups is 1. The van der Waals surface area contributed by atoms with E-state index in [-0.39, 0.29) is 11.9 Å². The molecule has 0 fully saturated rings. The van der Waals surface area contributed by atoms with E-state index in [2.05, 4.69) is 20.9 Å². The Balaban J connectivity index is 2.43. The minimum absolute atomic E-state index is 0.126. The molecule has 0 aromatic heterocycles. The Bertz CT molecular complexity index is 517. The topological polar surface area (TPSA) is 84.0 Å². The molecule has 0 heterocycles. The van der Waals surface area contributed by atoms with E-state index in [1.54, 1.807) is 38.5 Å². The minimum atomic E-state index is -0.126. The van der Waals surface area contributed by atoms with Gasteiger partial charge in [-0.15, -0.1) is 0 Å². The van der Waals surface area contributed by atoms with Gasteiger partial charge in [0.05, 0.1) is 20.3 Å². The first-order valence-electron chi connectivity index (χ1n) is 8.06.